The summed E-state index contributed by atoms with van der Waals surface area (Å²) >= 11 is 0. The zero-order valence-electron chi connectivity index (χ0n) is 20.9. The standard InChI is InChI=1S/C28H35NO6/c1-18-28(25(32-4)16-27(31)34-18)35-26(30)15-19-11-12-24-23(14-19)22(10-7-13-29(2)3)21-9-6-5-8-20(21)17-33-24/h5-6,8-12,14,18,25,27-28,31H,7,13,15-17H2,1-4H3/b22-10-/t18-,25-,27+,28-/m0/s1. The van der Waals surface area contributed by atoms with Crippen LogP contribution >= 0.6 is 0 Å². The molecular weight excluding hydrogens is 446 g/mol. The molecule has 2 aliphatic rings. The van der Waals surface area contributed by atoms with E-state index in [1.807, 2.05) is 30.3 Å². The number of aliphatic hydroxyl groups is 1. The third-order valence-corrected chi connectivity index (χ3v) is 6.50. The minimum absolute atomic E-state index is 0.113. The number of aliphatic hydroxyl groups excluding tert-OH is 1. The molecule has 0 unspecified atom stereocenters. The van der Waals surface area contributed by atoms with E-state index in [2.05, 4.69) is 37.2 Å². The monoisotopic (exact) mass is 481 g/mol. The number of nitrogens with zero attached hydrogens (tertiary/aromatic N) is 1. The molecule has 0 saturated carbocycles. The summed E-state index contributed by atoms with van der Waals surface area (Å²) in [7, 11) is 5.67. The summed E-state index contributed by atoms with van der Waals surface area (Å²) in [5, 5.41) is 9.83. The molecule has 2 aromatic carbocycles. The molecular formula is C28H35NO6. The topological polar surface area (TPSA) is 77.5 Å². The molecule has 0 aromatic heterocycles. The lowest BCUT2D eigenvalue weighted by Gasteiger charge is -2.37. The Kier molecular flexibility index (Phi) is 8.23. The molecule has 7 heteroatoms. The van der Waals surface area contributed by atoms with Gasteiger partial charge in [-0.05, 0) is 61.8 Å². The van der Waals surface area contributed by atoms with Gasteiger partial charge in [0.25, 0.3) is 0 Å². The molecule has 2 aromatic rings. The van der Waals surface area contributed by atoms with E-state index in [1.165, 1.54) is 0 Å². The van der Waals surface area contributed by atoms with E-state index in [1.54, 1.807) is 14.0 Å². The highest BCUT2D eigenvalue weighted by atomic mass is 16.6. The molecule has 0 amide bonds. The van der Waals surface area contributed by atoms with Crippen molar-refractivity contribution >= 4 is 11.5 Å². The Bertz CT molecular complexity index is 1070. The van der Waals surface area contributed by atoms with Crippen molar-refractivity contribution in [2.45, 2.75) is 57.4 Å². The highest BCUT2D eigenvalue weighted by Crippen LogP contribution is 2.37. The summed E-state index contributed by atoms with van der Waals surface area (Å²) < 4.78 is 22.8. The van der Waals surface area contributed by atoms with Crippen molar-refractivity contribution in [3.05, 3.63) is 70.8 Å². The second-order valence-electron chi connectivity index (χ2n) is 9.42. The molecule has 0 spiro atoms. The van der Waals surface area contributed by atoms with E-state index >= 15 is 0 Å². The van der Waals surface area contributed by atoms with Crippen molar-refractivity contribution in [2.24, 2.45) is 0 Å². The van der Waals surface area contributed by atoms with Crippen molar-refractivity contribution < 1.29 is 28.8 Å². The molecule has 0 radical (unpaired) electrons. The number of fused-ring (bicyclic) bond motifs is 2. The summed E-state index contributed by atoms with van der Waals surface area (Å²) in [6, 6.07) is 14.2. The molecule has 1 fully saturated rings. The number of benzene rings is 2. The molecule has 4 atom stereocenters. The van der Waals surface area contributed by atoms with Gasteiger partial charge in [0.15, 0.2) is 12.4 Å². The Morgan fingerprint density at radius 2 is 2.00 bits per heavy atom. The van der Waals surface area contributed by atoms with Crippen molar-refractivity contribution in [1.82, 2.24) is 4.90 Å². The third-order valence-electron chi connectivity index (χ3n) is 6.50. The Labute approximate surface area is 207 Å². The van der Waals surface area contributed by atoms with Crippen molar-refractivity contribution in [1.29, 1.82) is 0 Å². The van der Waals surface area contributed by atoms with E-state index < -0.39 is 24.6 Å². The summed E-state index contributed by atoms with van der Waals surface area (Å²) in [6.45, 7) is 3.21. The minimum Gasteiger partial charge on any atom is -0.488 e. The molecule has 2 aliphatic heterocycles. The van der Waals surface area contributed by atoms with Crippen LogP contribution in [0, 0.1) is 0 Å². The fourth-order valence-electron chi connectivity index (χ4n) is 4.70. The Balaban J connectivity index is 1.57. The van der Waals surface area contributed by atoms with Gasteiger partial charge in [-0.1, -0.05) is 36.4 Å². The van der Waals surface area contributed by atoms with Crippen molar-refractivity contribution in [2.75, 3.05) is 27.7 Å². The van der Waals surface area contributed by atoms with Gasteiger partial charge in [0.05, 0.1) is 12.5 Å². The highest BCUT2D eigenvalue weighted by Gasteiger charge is 2.38. The lowest BCUT2D eigenvalue weighted by atomic mass is 9.92. The maximum Gasteiger partial charge on any atom is 0.310 e. The minimum atomic E-state index is -0.921. The predicted octanol–water partition coefficient (Wildman–Crippen LogP) is 3.56. The summed E-state index contributed by atoms with van der Waals surface area (Å²) in [4.78, 5) is 15.0. The first-order chi connectivity index (χ1) is 16.9. The number of esters is 1. The Morgan fingerprint density at radius 1 is 1.20 bits per heavy atom. The van der Waals surface area contributed by atoms with Gasteiger partial charge in [-0.25, -0.2) is 0 Å². The summed E-state index contributed by atoms with van der Waals surface area (Å²) in [5.41, 5.74) is 5.23. The van der Waals surface area contributed by atoms with E-state index in [0.717, 1.165) is 46.5 Å². The number of carbonyl (C=O) groups is 1. The first-order valence-electron chi connectivity index (χ1n) is 12.1. The number of methoxy groups -OCH3 is 1. The van der Waals surface area contributed by atoms with Gasteiger partial charge < -0.3 is 29.0 Å². The average Bonchev–Trinajstić information content (AvgIpc) is 2.97. The predicted molar refractivity (Wildman–Crippen MR) is 133 cm³/mol. The van der Waals surface area contributed by atoms with Crippen molar-refractivity contribution in [3.8, 4) is 5.75 Å². The van der Waals surface area contributed by atoms with Crippen LogP contribution in [0.5, 0.6) is 5.75 Å². The van der Waals surface area contributed by atoms with Gasteiger partial charge in [-0.3, -0.25) is 4.79 Å². The van der Waals surface area contributed by atoms with Crippen LogP contribution in [0.25, 0.3) is 5.57 Å². The molecule has 1 N–H and O–H groups in total. The molecule has 2 heterocycles. The lowest BCUT2D eigenvalue weighted by Crippen LogP contribution is -2.50. The third kappa shape index (κ3) is 6.11. The quantitative estimate of drug-likeness (QED) is 0.606. The normalized spacial score (nSPS) is 24.9. The number of ether oxygens (including phenoxy) is 4. The summed E-state index contributed by atoms with van der Waals surface area (Å²) in [5.74, 6) is 0.439. The molecule has 1 saturated heterocycles. The van der Waals surface area contributed by atoms with Crippen LogP contribution in [0.2, 0.25) is 0 Å². The van der Waals surface area contributed by atoms with E-state index in [-0.39, 0.29) is 18.8 Å². The van der Waals surface area contributed by atoms with Crippen LogP contribution in [0.3, 0.4) is 0 Å². The van der Waals surface area contributed by atoms with Gasteiger partial charge in [0, 0.05) is 25.6 Å². The first kappa shape index (κ1) is 25.4. The van der Waals surface area contributed by atoms with Gasteiger partial charge in [0.2, 0.25) is 0 Å². The zero-order chi connectivity index (χ0) is 24.9. The van der Waals surface area contributed by atoms with Crippen LogP contribution in [0.15, 0.2) is 48.5 Å². The zero-order valence-corrected chi connectivity index (χ0v) is 20.9. The van der Waals surface area contributed by atoms with E-state index in [4.69, 9.17) is 18.9 Å². The SMILES string of the molecule is CO[C@H]1C[C@H](O)O[C@@H](C)[C@@H]1OC(=O)Cc1ccc2c(c1)/C(=C\CCN(C)C)c1ccccc1CO2. The number of rotatable bonds is 7. The van der Waals surface area contributed by atoms with Crippen LogP contribution < -0.4 is 4.74 Å². The Hall–Kier alpha value is -2.71. The second-order valence-corrected chi connectivity index (χ2v) is 9.42. The molecule has 35 heavy (non-hydrogen) atoms. The van der Waals surface area contributed by atoms with Crippen LogP contribution in [0.1, 0.15) is 42.0 Å². The Morgan fingerprint density at radius 3 is 2.77 bits per heavy atom. The van der Waals surface area contributed by atoms with Gasteiger partial charge in [-0.2, -0.15) is 0 Å². The van der Waals surface area contributed by atoms with Gasteiger partial charge in [-0.15, -0.1) is 0 Å². The van der Waals surface area contributed by atoms with E-state index in [9.17, 15) is 9.90 Å². The number of carbonyl (C=O) groups excluding carboxylic acids is 1. The molecule has 0 aliphatic carbocycles. The highest BCUT2D eigenvalue weighted by molar-refractivity contribution is 5.85. The molecule has 7 nitrogen and oxygen atoms in total. The average molecular weight is 482 g/mol. The van der Waals surface area contributed by atoms with Crippen LogP contribution in [-0.4, -0.2) is 68.3 Å². The fourth-order valence-corrected chi connectivity index (χ4v) is 4.70. The molecule has 4 rings (SSSR count). The lowest BCUT2D eigenvalue weighted by molar-refractivity contribution is -0.240. The van der Waals surface area contributed by atoms with E-state index in [0.29, 0.717) is 6.61 Å². The van der Waals surface area contributed by atoms with Gasteiger partial charge in [0.1, 0.15) is 18.5 Å². The number of hydrogen-bond acceptors (Lipinski definition) is 7. The number of hydrogen-bond donors (Lipinski definition) is 1. The first-order valence-corrected chi connectivity index (χ1v) is 12.1. The van der Waals surface area contributed by atoms with Gasteiger partial charge >= 0.3 is 5.97 Å². The second kappa shape index (κ2) is 11.4. The molecule has 0 bridgehead atoms. The van der Waals surface area contributed by atoms with Crippen LogP contribution in [0.4, 0.5) is 0 Å². The van der Waals surface area contributed by atoms with Crippen LogP contribution in [-0.2, 0) is 32.0 Å². The smallest absolute Gasteiger partial charge is 0.310 e. The maximum atomic E-state index is 12.9. The fraction of sp³-hybridized carbons (Fsp3) is 0.464. The maximum absolute atomic E-state index is 12.9. The summed E-state index contributed by atoms with van der Waals surface area (Å²) in [6.07, 6.45) is 1.15. The molecule has 188 valence electrons. The largest absolute Gasteiger partial charge is 0.488 e. The van der Waals surface area contributed by atoms with Crippen molar-refractivity contribution in [3.63, 3.8) is 0 Å².